The van der Waals surface area contributed by atoms with E-state index in [0.717, 1.165) is 23.9 Å². The summed E-state index contributed by atoms with van der Waals surface area (Å²) >= 11 is 0. The zero-order chi connectivity index (χ0) is 14.1. The van der Waals surface area contributed by atoms with Crippen LogP contribution in [-0.2, 0) is 17.6 Å². The molecular weight excluding hydrogens is 252 g/mol. The van der Waals surface area contributed by atoms with Crippen LogP contribution in [0.2, 0.25) is 0 Å². The van der Waals surface area contributed by atoms with Gasteiger partial charge in [-0.25, -0.2) is 0 Å². The van der Waals surface area contributed by atoms with Gasteiger partial charge in [-0.2, -0.15) is 0 Å². The third-order valence-corrected chi connectivity index (χ3v) is 3.92. The quantitative estimate of drug-likeness (QED) is 0.898. The zero-order valence-electron chi connectivity index (χ0n) is 12.0. The number of carbonyl (C=O) groups is 1. The number of ether oxygens (including phenoxy) is 1. The van der Waals surface area contributed by atoms with Crippen LogP contribution in [-0.4, -0.2) is 30.6 Å². The number of fused-ring (bicyclic) bond motifs is 3. The van der Waals surface area contributed by atoms with Crippen LogP contribution in [0.5, 0.6) is 0 Å². The number of aromatic amines is 1. The normalized spacial score (nSPS) is 15.3. The highest BCUT2D eigenvalue weighted by Crippen LogP contribution is 2.31. The minimum atomic E-state index is -0.0416. The standard InChI is InChI=1S/C16H20N2O2/c1-10(9-20-2)17-16(19)13-7-3-6-12-11-5-4-8-14(11)18-15(12)13/h3,6-7,10,18H,4-5,8-9H2,1-2H3,(H,17,19). The fourth-order valence-electron chi connectivity index (χ4n) is 3.05. The lowest BCUT2D eigenvalue weighted by molar-refractivity contribution is 0.0907. The van der Waals surface area contributed by atoms with Crippen LogP contribution in [0.3, 0.4) is 0 Å². The maximum Gasteiger partial charge on any atom is 0.253 e. The largest absolute Gasteiger partial charge is 0.383 e. The van der Waals surface area contributed by atoms with Crippen molar-refractivity contribution in [3.8, 4) is 0 Å². The van der Waals surface area contributed by atoms with E-state index in [1.54, 1.807) is 7.11 Å². The van der Waals surface area contributed by atoms with Crippen LogP contribution in [0.15, 0.2) is 18.2 Å². The summed E-state index contributed by atoms with van der Waals surface area (Å²) in [6, 6.07) is 5.95. The molecule has 1 aliphatic rings. The topological polar surface area (TPSA) is 54.1 Å². The molecule has 2 N–H and O–H groups in total. The number of carbonyl (C=O) groups excluding carboxylic acids is 1. The van der Waals surface area contributed by atoms with Crippen molar-refractivity contribution in [2.45, 2.75) is 32.2 Å². The van der Waals surface area contributed by atoms with Crippen molar-refractivity contribution in [3.05, 3.63) is 35.0 Å². The average molecular weight is 272 g/mol. The molecule has 0 fully saturated rings. The van der Waals surface area contributed by atoms with Crippen molar-refractivity contribution in [1.29, 1.82) is 0 Å². The number of hydrogen-bond donors (Lipinski definition) is 2. The van der Waals surface area contributed by atoms with Crippen molar-refractivity contribution >= 4 is 16.8 Å². The first-order chi connectivity index (χ1) is 9.70. The number of nitrogens with one attached hydrogen (secondary N) is 2. The van der Waals surface area contributed by atoms with E-state index in [1.165, 1.54) is 23.1 Å². The Morgan fingerprint density at radius 3 is 3.10 bits per heavy atom. The molecule has 0 aliphatic heterocycles. The van der Waals surface area contributed by atoms with E-state index in [9.17, 15) is 4.79 Å². The predicted octanol–water partition coefficient (Wildman–Crippen LogP) is 2.42. The average Bonchev–Trinajstić information content (AvgIpc) is 2.98. The third kappa shape index (κ3) is 2.20. The number of rotatable bonds is 4. The maximum atomic E-state index is 12.4. The molecule has 106 valence electrons. The second kappa shape index (κ2) is 5.29. The minimum absolute atomic E-state index is 0.00423. The Morgan fingerprint density at radius 2 is 2.30 bits per heavy atom. The van der Waals surface area contributed by atoms with Gasteiger partial charge in [0.1, 0.15) is 0 Å². The molecule has 1 atom stereocenters. The van der Waals surface area contributed by atoms with E-state index in [1.807, 2.05) is 19.1 Å². The van der Waals surface area contributed by atoms with Crippen molar-refractivity contribution < 1.29 is 9.53 Å². The molecule has 1 aliphatic carbocycles. The van der Waals surface area contributed by atoms with Crippen LogP contribution in [0.4, 0.5) is 0 Å². The number of H-pyrrole nitrogens is 1. The van der Waals surface area contributed by atoms with Crippen LogP contribution < -0.4 is 5.32 Å². The second-order valence-corrected chi connectivity index (χ2v) is 5.49. The van der Waals surface area contributed by atoms with Gasteiger partial charge >= 0.3 is 0 Å². The van der Waals surface area contributed by atoms with Gasteiger partial charge in [-0.1, -0.05) is 12.1 Å². The van der Waals surface area contributed by atoms with E-state index in [0.29, 0.717) is 6.61 Å². The SMILES string of the molecule is COCC(C)NC(=O)c1cccc2c3c([nH]c12)CCC3. The van der Waals surface area contributed by atoms with Crippen molar-refractivity contribution in [2.24, 2.45) is 0 Å². The third-order valence-electron chi connectivity index (χ3n) is 3.92. The van der Waals surface area contributed by atoms with Gasteiger partial charge in [0.2, 0.25) is 0 Å². The molecular formula is C16H20N2O2. The number of methoxy groups -OCH3 is 1. The molecule has 4 heteroatoms. The first kappa shape index (κ1) is 13.2. The highest BCUT2D eigenvalue weighted by atomic mass is 16.5. The number of benzene rings is 1. The molecule has 1 unspecified atom stereocenters. The summed E-state index contributed by atoms with van der Waals surface area (Å²) in [5.41, 5.74) is 4.38. The monoisotopic (exact) mass is 272 g/mol. The summed E-state index contributed by atoms with van der Waals surface area (Å²) < 4.78 is 5.06. The summed E-state index contributed by atoms with van der Waals surface area (Å²) in [5, 5.41) is 4.17. The Balaban J connectivity index is 1.94. The number of para-hydroxylation sites is 1. The number of hydrogen-bond acceptors (Lipinski definition) is 2. The maximum absolute atomic E-state index is 12.4. The highest BCUT2D eigenvalue weighted by molar-refractivity contribution is 6.07. The van der Waals surface area contributed by atoms with Gasteiger partial charge in [-0.15, -0.1) is 0 Å². The van der Waals surface area contributed by atoms with E-state index in [4.69, 9.17) is 4.74 Å². The van der Waals surface area contributed by atoms with Crippen LogP contribution in [0.25, 0.3) is 10.9 Å². The number of aryl methyl sites for hydroxylation is 2. The Bertz CT molecular complexity index is 645. The summed E-state index contributed by atoms with van der Waals surface area (Å²) in [6.45, 7) is 2.46. The van der Waals surface area contributed by atoms with E-state index in [-0.39, 0.29) is 11.9 Å². The molecule has 4 nitrogen and oxygen atoms in total. The molecule has 3 rings (SSSR count). The molecule has 20 heavy (non-hydrogen) atoms. The van der Waals surface area contributed by atoms with Crippen LogP contribution in [0.1, 0.15) is 35.0 Å². The fraction of sp³-hybridized carbons (Fsp3) is 0.438. The molecule has 1 aromatic carbocycles. The van der Waals surface area contributed by atoms with E-state index < -0.39 is 0 Å². The Morgan fingerprint density at radius 1 is 1.45 bits per heavy atom. The van der Waals surface area contributed by atoms with Crippen LogP contribution in [0, 0.1) is 0 Å². The van der Waals surface area contributed by atoms with Gasteiger partial charge in [-0.3, -0.25) is 4.79 Å². The minimum Gasteiger partial charge on any atom is -0.383 e. The second-order valence-electron chi connectivity index (χ2n) is 5.49. The van der Waals surface area contributed by atoms with Crippen LogP contribution >= 0.6 is 0 Å². The van der Waals surface area contributed by atoms with Gasteiger partial charge in [0.05, 0.1) is 17.7 Å². The summed E-state index contributed by atoms with van der Waals surface area (Å²) in [4.78, 5) is 15.8. The molecule has 2 aromatic rings. The first-order valence-corrected chi connectivity index (χ1v) is 7.13. The highest BCUT2D eigenvalue weighted by Gasteiger charge is 2.20. The van der Waals surface area contributed by atoms with Gasteiger partial charge < -0.3 is 15.0 Å². The molecule has 0 bridgehead atoms. The molecule has 1 amide bonds. The molecule has 1 aromatic heterocycles. The van der Waals surface area contributed by atoms with Crippen molar-refractivity contribution in [3.63, 3.8) is 0 Å². The lowest BCUT2D eigenvalue weighted by Crippen LogP contribution is -2.35. The summed E-state index contributed by atoms with van der Waals surface area (Å²) in [6.07, 6.45) is 3.41. The fourth-order valence-corrected chi connectivity index (χ4v) is 3.05. The predicted molar refractivity (Wildman–Crippen MR) is 79.1 cm³/mol. The smallest absolute Gasteiger partial charge is 0.253 e. The lowest BCUT2D eigenvalue weighted by Gasteiger charge is -2.13. The number of amides is 1. The molecule has 0 saturated carbocycles. The number of aromatic nitrogens is 1. The summed E-state index contributed by atoms with van der Waals surface area (Å²) in [7, 11) is 1.64. The molecule has 1 heterocycles. The Labute approximate surface area is 118 Å². The van der Waals surface area contributed by atoms with Gasteiger partial charge in [0.25, 0.3) is 5.91 Å². The van der Waals surface area contributed by atoms with Gasteiger partial charge in [0, 0.05) is 24.2 Å². The van der Waals surface area contributed by atoms with E-state index in [2.05, 4.69) is 16.4 Å². The van der Waals surface area contributed by atoms with Crippen molar-refractivity contribution in [1.82, 2.24) is 10.3 Å². The molecule has 0 spiro atoms. The summed E-state index contributed by atoms with van der Waals surface area (Å²) in [5.74, 6) is -0.0416. The first-order valence-electron chi connectivity index (χ1n) is 7.13. The Kier molecular flexibility index (Phi) is 3.49. The molecule has 0 radical (unpaired) electrons. The lowest BCUT2D eigenvalue weighted by atomic mass is 10.1. The van der Waals surface area contributed by atoms with Crippen molar-refractivity contribution in [2.75, 3.05) is 13.7 Å². The Hall–Kier alpha value is -1.81. The van der Waals surface area contributed by atoms with Gasteiger partial charge in [0.15, 0.2) is 0 Å². The van der Waals surface area contributed by atoms with E-state index >= 15 is 0 Å². The molecule has 0 saturated heterocycles. The zero-order valence-corrected chi connectivity index (χ0v) is 12.0. The van der Waals surface area contributed by atoms with Gasteiger partial charge in [-0.05, 0) is 37.8 Å².